The van der Waals surface area contributed by atoms with Gasteiger partial charge in [-0.2, -0.15) is 8.42 Å². The lowest BCUT2D eigenvalue weighted by atomic mass is 9.87. The molecule has 0 aromatic heterocycles. The van der Waals surface area contributed by atoms with Gasteiger partial charge in [-0.05, 0) is 68.0 Å². The quantitative estimate of drug-likeness (QED) is 0.710. The predicted octanol–water partition coefficient (Wildman–Crippen LogP) is 3.49. The van der Waals surface area contributed by atoms with Crippen molar-refractivity contribution in [3.05, 3.63) is 59.2 Å². The third kappa shape index (κ3) is 5.56. The Kier molecular flexibility index (Phi) is 7.20. The molecule has 1 unspecified atom stereocenters. The Morgan fingerprint density at radius 1 is 1.15 bits per heavy atom. The summed E-state index contributed by atoms with van der Waals surface area (Å²) in [5.74, 6) is 0.474. The SMILES string of the molecule is CCCNC1CCc2c(O)cccc2C1.Cc1ccccc1S(=O)(=O)O. The second kappa shape index (κ2) is 9.16. The van der Waals surface area contributed by atoms with Crippen LogP contribution in [0.15, 0.2) is 47.4 Å². The van der Waals surface area contributed by atoms with Crippen LogP contribution in [0.3, 0.4) is 0 Å². The summed E-state index contributed by atoms with van der Waals surface area (Å²) in [5.41, 5.74) is 3.02. The molecule has 142 valence electrons. The number of nitrogens with one attached hydrogen (secondary N) is 1. The second-order valence-corrected chi connectivity index (χ2v) is 7.94. The molecule has 0 heterocycles. The zero-order chi connectivity index (χ0) is 19.2. The van der Waals surface area contributed by atoms with Crippen LogP contribution in [0, 0.1) is 6.92 Å². The third-order valence-electron chi connectivity index (χ3n) is 4.51. The highest BCUT2D eigenvalue weighted by atomic mass is 32.2. The fourth-order valence-corrected chi connectivity index (χ4v) is 3.88. The average molecular weight is 378 g/mol. The molecule has 1 aliphatic rings. The number of hydrogen-bond acceptors (Lipinski definition) is 4. The van der Waals surface area contributed by atoms with E-state index in [0.717, 1.165) is 31.4 Å². The molecule has 0 fully saturated rings. The highest BCUT2D eigenvalue weighted by molar-refractivity contribution is 7.85. The van der Waals surface area contributed by atoms with Crippen molar-refractivity contribution < 1.29 is 18.1 Å². The molecule has 1 atom stereocenters. The second-order valence-electron chi connectivity index (χ2n) is 6.55. The van der Waals surface area contributed by atoms with Gasteiger partial charge in [-0.25, -0.2) is 0 Å². The van der Waals surface area contributed by atoms with E-state index < -0.39 is 10.1 Å². The Hall–Kier alpha value is -1.89. The van der Waals surface area contributed by atoms with Crippen molar-refractivity contribution in [2.75, 3.05) is 6.54 Å². The van der Waals surface area contributed by atoms with Gasteiger partial charge in [0.25, 0.3) is 10.1 Å². The molecule has 0 aliphatic heterocycles. The van der Waals surface area contributed by atoms with Gasteiger partial charge in [0.1, 0.15) is 5.75 Å². The van der Waals surface area contributed by atoms with E-state index in [1.807, 2.05) is 6.07 Å². The Labute approximate surface area is 155 Å². The normalized spacial score (nSPS) is 16.3. The van der Waals surface area contributed by atoms with Crippen LogP contribution in [0.5, 0.6) is 5.75 Å². The van der Waals surface area contributed by atoms with E-state index >= 15 is 0 Å². The van der Waals surface area contributed by atoms with Crippen LogP contribution in [-0.2, 0) is 23.0 Å². The van der Waals surface area contributed by atoms with Crippen LogP contribution in [0.4, 0.5) is 0 Å². The predicted molar refractivity (Wildman–Crippen MR) is 103 cm³/mol. The molecule has 3 N–H and O–H groups in total. The number of hydrogen-bond donors (Lipinski definition) is 3. The van der Waals surface area contributed by atoms with Crippen molar-refractivity contribution in [1.82, 2.24) is 5.32 Å². The van der Waals surface area contributed by atoms with E-state index in [0.29, 0.717) is 17.4 Å². The maximum atomic E-state index is 10.6. The van der Waals surface area contributed by atoms with Gasteiger partial charge < -0.3 is 10.4 Å². The van der Waals surface area contributed by atoms with E-state index in [9.17, 15) is 13.5 Å². The summed E-state index contributed by atoms with van der Waals surface area (Å²) in [6.45, 7) is 4.91. The summed E-state index contributed by atoms with van der Waals surface area (Å²) in [4.78, 5) is -0.0278. The molecule has 0 radical (unpaired) electrons. The van der Waals surface area contributed by atoms with E-state index in [2.05, 4.69) is 18.3 Å². The molecule has 2 aromatic carbocycles. The summed E-state index contributed by atoms with van der Waals surface area (Å²) in [5, 5.41) is 13.2. The number of benzene rings is 2. The first-order valence-corrected chi connectivity index (χ1v) is 10.3. The topological polar surface area (TPSA) is 86.6 Å². The smallest absolute Gasteiger partial charge is 0.294 e. The average Bonchev–Trinajstić information content (AvgIpc) is 2.60. The van der Waals surface area contributed by atoms with Gasteiger partial charge in [-0.1, -0.05) is 37.3 Å². The standard InChI is InChI=1S/C13H19NO.C7H8O3S/c1-2-8-14-11-6-7-12-10(9-11)4-3-5-13(12)15;1-6-4-2-3-5-7(6)11(8,9)10/h3-5,11,14-15H,2,6-9H2,1H3;2-5H,1H3,(H,8,9,10). The molecule has 0 amide bonds. The van der Waals surface area contributed by atoms with E-state index in [-0.39, 0.29) is 4.90 Å². The lowest BCUT2D eigenvalue weighted by Gasteiger charge is -2.25. The molecule has 0 bridgehead atoms. The Balaban J connectivity index is 0.000000197. The molecular formula is C20H27NO4S. The van der Waals surface area contributed by atoms with Crippen LogP contribution in [-0.4, -0.2) is 30.7 Å². The summed E-state index contributed by atoms with van der Waals surface area (Å²) in [7, 11) is -4.03. The minimum Gasteiger partial charge on any atom is -0.508 e. The van der Waals surface area contributed by atoms with Crippen LogP contribution >= 0.6 is 0 Å². The van der Waals surface area contributed by atoms with Gasteiger partial charge in [0.15, 0.2) is 0 Å². The van der Waals surface area contributed by atoms with Crippen molar-refractivity contribution in [3.8, 4) is 5.75 Å². The fraction of sp³-hybridized carbons (Fsp3) is 0.400. The molecular weight excluding hydrogens is 350 g/mol. The Bertz CT molecular complexity index is 833. The van der Waals surface area contributed by atoms with Gasteiger partial charge in [-0.3, -0.25) is 4.55 Å². The molecule has 0 saturated heterocycles. The number of aryl methyl sites for hydroxylation is 1. The van der Waals surface area contributed by atoms with Gasteiger partial charge in [0.05, 0.1) is 4.90 Å². The van der Waals surface area contributed by atoms with Crippen LogP contribution in [0.2, 0.25) is 0 Å². The van der Waals surface area contributed by atoms with Crippen LogP contribution < -0.4 is 5.32 Å². The maximum absolute atomic E-state index is 10.6. The first kappa shape index (κ1) is 20.4. The van der Waals surface area contributed by atoms with Crippen LogP contribution in [0.1, 0.15) is 36.5 Å². The first-order chi connectivity index (χ1) is 12.3. The molecule has 1 aliphatic carbocycles. The molecule has 26 heavy (non-hydrogen) atoms. The molecule has 3 rings (SSSR count). The van der Waals surface area contributed by atoms with Gasteiger partial charge >= 0.3 is 0 Å². The van der Waals surface area contributed by atoms with Crippen molar-refractivity contribution in [3.63, 3.8) is 0 Å². The monoisotopic (exact) mass is 377 g/mol. The van der Waals surface area contributed by atoms with Gasteiger partial charge in [0.2, 0.25) is 0 Å². The van der Waals surface area contributed by atoms with E-state index in [1.54, 1.807) is 31.2 Å². The molecule has 0 spiro atoms. The molecule has 0 saturated carbocycles. The molecule has 2 aromatic rings. The summed E-state index contributed by atoms with van der Waals surface area (Å²) >= 11 is 0. The number of aromatic hydroxyl groups is 1. The van der Waals surface area contributed by atoms with Crippen molar-refractivity contribution in [2.24, 2.45) is 0 Å². The largest absolute Gasteiger partial charge is 0.508 e. The first-order valence-electron chi connectivity index (χ1n) is 8.89. The number of rotatable bonds is 4. The lowest BCUT2D eigenvalue weighted by Crippen LogP contribution is -2.34. The van der Waals surface area contributed by atoms with Crippen LogP contribution in [0.25, 0.3) is 0 Å². The number of phenolic OH excluding ortho intramolecular Hbond substituents is 1. The Morgan fingerprint density at radius 3 is 2.50 bits per heavy atom. The van der Waals surface area contributed by atoms with Crippen molar-refractivity contribution in [2.45, 2.75) is 50.5 Å². The van der Waals surface area contributed by atoms with Gasteiger partial charge in [-0.15, -0.1) is 0 Å². The van der Waals surface area contributed by atoms with E-state index in [1.165, 1.54) is 18.1 Å². The highest BCUT2D eigenvalue weighted by Crippen LogP contribution is 2.28. The number of phenols is 1. The van der Waals surface area contributed by atoms with E-state index in [4.69, 9.17) is 4.55 Å². The minimum atomic E-state index is -4.03. The summed E-state index contributed by atoms with van der Waals surface area (Å²) < 4.78 is 29.9. The zero-order valence-corrected chi connectivity index (χ0v) is 16.1. The lowest BCUT2D eigenvalue weighted by molar-refractivity contribution is 0.432. The Morgan fingerprint density at radius 2 is 1.88 bits per heavy atom. The third-order valence-corrected chi connectivity index (χ3v) is 5.53. The van der Waals surface area contributed by atoms with Crippen molar-refractivity contribution >= 4 is 10.1 Å². The summed E-state index contributed by atoms with van der Waals surface area (Å²) in [6.07, 6.45) is 4.39. The highest BCUT2D eigenvalue weighted by Gasteiger charge is 2.19. The fourth-order valence-electron chi connectivity index (χ4n) is 3.16. The molecule has 5 nitrogen and oxygen atoms in total. The number of fused-ring (bicyclic) bond motifs is 1. The summed E-state index contributed by atoms with van der Waals surface area (Å²) in [6, 6.07) is 12.7. The van der Waals surface area contributed by atoms with Gasteiger partial charge in [0, 0.05) is 6.04 Å². The van der Waals surface area contributed by atoms with Crippen molar-refractivity contribution in [1.29, 1.82) is 0 Å². The maximum Gasteiger partial charge on any atom is 0.294 e. The minimum absolute atomic E-state index is 0.0278. The molecule has 6 heteroatoms. The zero-order valence-electron chi connectivity index (χ0n) is 15.3.